The number of amides is 1. The minimum absolute atomic E-state index is 0.183. The number of rotatable bonds is 3. The molecule has 0 unspecified atom stereocenters. The Bertz CT molecular complexity index is 658. The Kier molecular flexibility index (Phi) is 4.04. The molecule has 0 saturated carbocycles. The standard InChI is InChI=1S/C15H17ClN2O2S/c1-9-12(10(2)20-17-9)3-4-15(19)18-6-5-13-11(8-18)7-14(16)21-13/h7H,3-6,8H2,1-2H3. The largest absolute Gasteiger partial charge is 0.361 e. The molecule has 6 heteroatoms. The van der Waals surface area contributed by atoms with Gasteiger partial charge in [-0.3, -0.25) is 4.79 Å². The number of carbonyl (C=O) groups excluding carboxylic acids is 1. The molecule has 0 aromatic carbocycles. The van der Waals surface area contributed by atoms with Crippen LogP contribution in [0.4, 0.5) is 0 Å². The zero-order valence-corrected chi connectivity index (χ0v) is 13.7. The van der Waals surface area contributed by atoms with E-state index in [1.165, 1.54) is 10.4 Å². The van der Waals surface area contributed by atoms with Gasteiger partial charge in [-0.15, -0.1) is 11.3 Å². The highest BCUT2D eigenvalue weighted by molar-refractivity contribution is 7.16. The van der Waals surface area contributed by atoms with Crippen LogP contribution in [0, 0.1) is 13.8 Å². The molecule has 0 N–H and O–H groups in total. The van der Waals surface area contributed by atoms with Crippen molar-refractivity contribution in [1.82, 2.24) is 10.1 Å². The molecule has 0 atom stereocenters. The third-order valence-electron chi connectivity index (χ3n) is 3.96. The minimum atomic E-state index is 0.183. The Morgan fingerprint density at radius 3 is 3.05 bits per heavy atom. The number of carbonyl (C=O) groups is 1. The molecule has 21 heavy (non-hydrogen) atoms. The third kappa shape index (κ3) is 2.99. The quantitative estimate of drug-likeness (QED) is 0.867. The Balaban J connectivity index is 1.62. The maximum atomic E-state index is 12.4. The molecular formula is C15H17ClN2O2S. The fraction of sp³-hybridized carbons (Fsp3) is 0.467. The van der Waals surface area contributed by atoms with Crippen molar-refractivity contribution in [2.24, 2.45) is 0 Å². The van der Waals surface area contributed by atoms with Crippen LogP contribution < -0.4 is 0 Å². The lowest BCUT2D eigenvalue weighted by atomic mass is 10.1. The number of fused-ring (bicyclic) bond motifs is 1. The molecule has 0 radical (unpaired) electrons. The van der Waals surface area contributed by atoms with E-state index in [2.05, 4.69) is 5.16 Å². The molecule has 1 amide bonds. The molecule has 1 aliphatic heterocycles. The smallest absolute Gasteiger partial charge is 0.223 e. The summed E-state index contributed by atoms with van der Waals surface area (Å²) in [7, 11) is 0. The zero-order chi connectivity index (χ0) is 15.0. The monoisotopic (exact) mass is 324 g/mol. The van der Waals surface area contributed by atoms with Gasteiger partial charge >= 0.3 is 0 Å². The Morgan fingerprint density at radius 1 is 1.52 bits per heavy atom. The number of hydrogen-bond donors (Lipinski definition) is 0. The number of aromatic nitrogens is 1. The Morgan fingerprint density at radius 2 is 2.33 bits per heavy atom. The van der Waals surface area contributed by atoms with Crippen LogP contribution in [-0.4, -0.2) is 22.5 Å². The van der Waals surface area contributed by atoms with E-state index in [0.717, 1.165) is 34.3 Å². The van der Waals surface area contributed by atoms with E-state index in [0.29, 0.717) is 19.4 Å². The summed E-state index contributed by atoms with van der Waals surface area (Å²) in [6, 6.07) is 1.98. The van der Waals surface area contributed by atoms with Crippen LogP contribution in [0.3, 0.4) is 0 Å². The van der Waals surface area contributed by atoms with Crippen molar-refractivity contribution >= 4 is 28.8 Å². The molecule has 112 valence electrons. The van der Waals surface area contributed by atoms with Crippen molar-refractivity contribution in [2.75, 3.05) is 6.54 Å². The molecule has 1 aliphatic rings. The zero-order valence-electron chi connectivity index (χ0n) is 12.1. The van der Waals surface area contributed by atoms with Gasteiger partial charge in [-0.2, -0.15) is 0 Å². The fourth-order valence-electron chi connectivity index (χ4n) is 2.76. The lowest BCUT2D eigenvalue weighted by Gasteiger charge is -2.27. The van der Waals surface area contributed by atoms with E-state index in [1.807, 2.05) is 24.8 Å². The van der Waals surface area contributed by atoms with E-state index in [9.17, 15) is 4.79 Å². The molecule has 4 nitrogen and oxygen atoms in total. The normalized spacial score (nSPS) is 14.3. The van der Waals surface area contributed by atoms with Gasteiger partial charge in [0.05, 0.1) is 10.0 Å². The number of halogens is 1. The van der Waals surface area contributed by atoms with E-state index in [-0.39, 0.29) is 5.91 Å². The van der Waals surface area contributed by atoms with Gasteiger partial charge < -0.3 is 9.42 Å². The highest BCUT2D eigenvalue weighted by atomic mass is 35.5. The van der Waals surface area contributed by atoms with Gasteiger partial charge in [0.1, 0.15) is 5.76 Å². The van der Waals surface area contributed by atoms with Gasteiger partial charge in [0, 0.05) is 30.0 Å². The fourth-order valence-corrected chi connectivity index (χ4v) is 4.05. The van der Waals surface area contributed by atoms with Gasteiger partial charge in [-0.1, -0.05) is 16.8 Å². The number of nitrogens with zero attached hydrogens (tertiary/aromatic N) is 2. The van der Waals surface area contributed by atoms with Crippen molar-refractivity contribution in [3.8, 4) is 0 Å². The molecular weight excluding hydrogens is 308 g/mol. The van der Waals surface area contributed by atoms with Crippen molar-refractivity contribution < 1.29 is 9.32 Å². The summed E-state index contributed by atoms with van der Waals surface area (Å²) in [4.78, 5) is 15.6. The first-order valence-electron chi connectivity index (χ1n) is 7.01. The van der Waals surface area contributed by atoms with Gasteiger partial charge in [0.25, 0.3) is 0 Å². The van der Waals surface area contributed by atoms with E-state index in [1.54, 1.807) is 11.3 Å². The first kappa shape index (κ1) is 14.6. The van der Waals surface area contributed by atoms with Crippen LogP contribution in [0.2, 0.25) is 4.34 Å². The van der Waals surface area contributed by atoms with Gasteiger partial charge in [0.2, 0.25) is 5.91 Å². The van der Waals surface area contributed by atoms with Crippen molar-refractivity contribution in [3.05, 3.63) is 37.9 Å². The van der Waals surface area contributed by atoms with Crippen molar-refractivity contribution in [1.29, 1.82) is 0 Å². The van der Waals surface area contributed by atoms with Gasteiger partial charge in [-0.05, 0) is 38.3 Å². The third-order valence-corrected chi connectivity index (χ3v) is 5.33. The Labute approximate surface area is 132 Å². The average molecular weight is 325 g/mol. The number of thiophene rings is 1. The molecule has 0 fully saturated rings. The summed E-state index contributed by atoms with van der Waals surface area (Å²) in [6.45, 7) is 5.26. The molecule has 2 aromatic rings. The van der Waals surface area contributed by atoms with Gasteiger partial charge in [-0.25, -0.2) is 0 Å². The Hall–Kier alpha value is -1.33. The highest BCUT2D eigenvalue weighted by Crippen LogP contribution is 2.31. The molecule has 0 aliphatic carbocycles. The predicted octanol–water partition coefficient (Wildman–Crippen LogP) is 3.52. The summed E-state index contributed by atoms with van der Waals surface area (Å²) in [5.74, 6) is 0.994. The SMILES string of the molecule is Cc1noc(C)c1CCC(=O)N1CCc2sc(Cl)cc2C1. The van der Waals surface area contributed by atoms with Crippen LogP contribution >= 0.6 is 22.9 Å². The topological polar surface area (TPSA) is 46.3 Å². The lowest BCUT2D eigenvalue weighted by Crippen LogP contribution is -2.35. The summed E-state index contributed by atoms with van der Waals surface area (Å²) in [5.41, 5.74) is 3.13. The van der Waals surface area contributed by atoms with Crippen LogP contribution in [0.25, 0.3) is 0 Å². The first-order chi connectivity index (χ1) is 10.0. The summed E-state index contributed by atoms with van der Waals surface area (Å²) in [5, 5.41) is 3.93. The van der Waals surface area contributed by atoms with Crippen LogP contribution in [0.5, 0.6) is 0 Å². The summed E-state index contributed by atoms with van der Waals surface area (Å²) < 4.78 is 5.94. The number of hydrogen-bond acceptors (Lipinski definition) is 4. The molecule has 0 spiro atoms. The maximum absolute atomic E-state index is 12.4. The van der Waals surface area contributed by atoms with Crippen LogP contribution in [-0.2, 0) is 24.2 Å². The summed E-state index contributed by atoms with van der Waals surface area (Å²) in [6.07, 6.45) is 2.09. The van der Waals surface area contributed by atoms with Gasteiger partial charge in [0.15, 0.2) is 0 Å². The number of aryl methyl sites for hydroxylation is 2. The van der Waals surface area contributed by atoms with E-state index < -0.39 is 0 Å². The minimum Gasteiger partial charge on any atom is -0.361 e. The molecule has 3 rings (SSSR count). The highest BCUT2D eigenvalue weighted by Gasteiger charge is 2.23. The molecule has 0 saturated heterocycles. The van der Waals surface area contributed by atoms with E-state index in [4.69, 9.17) is 16.1 Å². The van der Waals surface area contributed by atoms with Crippen molar-refractivity contribution in [3.63, 3.8) is 0 Å². The van der Waals surface area contributed by atoms with Crippen molar-refractivity contribution in [2.45, 2.75) is 39.7 Å². The molecule has 3 heterocycles. The average Bonchev–Trinajstić information content (AvgIpc) is 2.97. The summed E-state index contributed by atoms with van der Waals surface area (Å²) >= 11 is 7.67. The molecule has 2 aromatic heterocycles. The maximum Gasteiger partial charge on any atom is 0.223 e. The van der Waals surface area contributed by atoms with Crippen LogP contribution in [0.1, 0.15) is 33.9 Å². The lowest BCUT2D eigenvalue weighted by molar-refractivity contribution is -0.132. The molecule has 0 bridgehead atoms. The predicted molar refractivity (Wildman–Crippen MR) is 82.7 cm³/mol. The first-order valence-corrected chi connectivity index (χ1v) is 8.20. The van der Waals surface area contributed by atoms with Crippen LogP contribution in [0.15, 0.2) is 10.6 Å². The second kappa shape index (κ2) is 5.81. The van der Waals surface area contributed by atoms with E-state index >= 15 is 0 Å². The second-order valence-corrected chi connectivity index (χ2v) is 7.14. The second-order valence-electron chi connectivity index (χ2n) is 5.37.